The first-order valence-corrected chi connectivity index (χ1v) is 46.4. The molecule has 0 amide bonds. The quantitative estimate of drug-likeness (QED) is 0.0613. The summed E-state index contributed by atoms with van der Waals surface area (Å²) in [6.45, 7) is 8.04. The first-order chi connectivity index (χ1) is 58.7. The minimum absolute atomic E-state index is 0. The van der Waals surface area contributed by atoms with Gasteiger partial charge in [0.15, 0.2) is 0 Å². The van der Waals surface area contributed by atoms with Crippen molar-refractivity contribution in [1.82, 2.24) is 29.5 Å². The van der Waals surface area contributed by atoms with E-state index >= 15 is 0 Å². The van der Waals surface area contributed by atoms with Gasteiger partial charge in [0.1, 0.15) is 10.3 Å². The number of rotatable bonds is 14. The van der Waals surface area contributed by atoms with Crippen LogP contribution in [0.25, 0.3) is 32.9 Å². The summed E-state index contributed by atoms with van der Waals surface area (Å²) in [6.07, 6.45) is 7.05. The second-order valence-electron chi connectivity index (χ2n) is 28.7. The van der Waals surface area contributed by atoms with Gasteiger partial charge in [0.05, 0.1) is 34.6 Å². The molecular formula is C105H96BBrCl2N6O2P4Pd. The van der Waals surface area contributed by atoms with Crippen molar-refractivity contribution in [1.29, 1.82) is 0 Å². The van der Waals surface area contributed by atoms with Crippen LogP contribution in [0.5, 0.6) is 0 Å². The maximum Gasteiger partial charge on any atom is 0.498 e. The number of pyridine rings is 2. The second kappa shape index (κ2) is 46.8. The van der Waals surface area contributed by atoms with E-state index < -0.39 is 38.8 Å². The fourth-order valence-electron chi connectivity index (χ4n) is 13.3. The van der Waals surface area contributed by atoms with Crippen LogP contribution in [0.1, 0.15) is 35.1 Å². The number of aromatic nitrogens is 6. The standard InChI is InChI=1S/4C18H15P.C13H10ClN3.C11H15BClNO2.C8H7BrN2.CH4.Pd/c4*1-4-10-16(11-5-1)19(17-12-6-2-7-13-17)18-14-8-3-9-15-18;1-17-12-7-9(4-5-10(12)8-16-17)11-3-2-6-15-13(11)14;1-10(2)11(3,4)16-12(15-10)8-6-5-7-14-9(8)13;1-11-8-4-7(9)3-2-6(8)5-10-11;;/h4*1-15H;2-8H,1H3;5-7H,1-4H3;2-5H,1H3;1H4;. The zero-order valence-electron chi connectivity index (χ0n) is 68.0. The largest absolute Gasteiger partial charge is 0.498 e. The van der Waals surface area contributed by atoms with Gasteiger partial charge < -0.3 is 9.31 Å². The van der Waals surface area contributed by atoms with E-state index in [2.05, 4.69) is 412 Å². The van der Waals surface area contributed by atoms with Crippen LogP contribution >= 0.6 is 70.8 Å². The van der Waals surface area contributed by atoms with E-state index in [4.69, 9.17) is 32.5 Å². The predicted octanol–water partition coefficient (Wildman–Crippen LogP) is 22.1. The molecule has 122 heavy (non-hydrogen) atoms. The van der Waals surface area contributed by atoms with E-state index in [1.165, 1.54) is 69.0 Å². The first kappa shape index (κ1) is 92.5. The molecule has 1 aliphatic rings. The average Bonchev–Trinajstić information content (AvgIpc) is 1.62. The van der Waals surface area contributed by atoms with Gasteiger partial charge in [0.25, 0.3) is 0 Å². The molecule has 1 saturated heterocycles. The van der Waals surface area contributed by atoms with Crippen molar-refractivity contribution in [3.05, 3.63) is 464 Å². The van der Waals surface area contributed by atoms with Gasteiger partial charge in [-0.1, -0.05) is 435 Å². The minimum Gasteiger partial charge on any atom is -0.399 e. The molecule has 0 N–H and O–H groups in total. The van der Waals surface area contributed by atoms with Gasteiger partial charge in [-0.05, 0) is 165 Å². The number of halogens is 3. The molecule has 5 heterocycles. The van der Waals surface area contributed by atoms with Gasteiger partial charge >= 0.3 is 7.12 Å². The molecule has 0 unspecified atom stereocenters. The van der Waals surface area contributed by atoms with Crippen molar-refractivity contribution in [2.24, 2.45) is 14.1 Å². The van der Waals surface area contributed by atoms with E-state index in [1.54, 1.807) is 12.4 Å². The van der Waals surface area contributed by atoms with Gasteiger partial charge in [-0.3, -0.25) is 9.36 Å². The Bertz CT molecular complexity index is 5220. The van der Waals surface area contributed by atoms with Crippen molar-refractivity contribution < 1.29 is 29.7 Å². The Balaban J connectivity index is 0.000000139. The van der Waals surface area contributed by atoms with Gasteiger partial charge in [0, 0.05) is 73.2 Å². The molecule has 4 aromatic heterocycles. The molecule has 19 rings (SSSR count). The number of hydrogen-bond donors (Lipinski definition) is 0. The Morgan fingerprint density at radius 2 is 0.541 bits per heavy atom. The Hall–Kier alpha value is -10.3. The molecule has 0 aliphatic carbocycles. The molecule has 0 spiro atoms. The van der Waals surface area contributed by atoms with E-state index in [0.717, 1.165) is 37.5 Å². The van der Waals surface area contributed by atoms with E-state index in [0.29, 0.717) is 10.3 Å². The second-order valence-corrected chi connectivity index (χ2v) is 39.2. The summed E-state index contributed by atoms with van der Waals surface area (Å²) in [5.41, 5.74) is 4.31. The molecule has 612 valence electrons. The molecule has 17 heteroatoms. The van der Waals surface area contributed by atoms with Gasteiger partial charge in [-0.25, -0.2) is 9.97 Å². The summed E-state index contributed by atoms with van der Waals surface area (Å²) in [6, 6.07) is 149. The third-order valence-corrected chi connectivity index (χ3v) is 30.9. The van der Waals surface area contributed by atoms with Gasteiger partial charge in [-0.15, -0.1) is 0 Å². The number of aryl methyl sites for hydroxylation is 2. The monoisotopic (exact) mass is 1860 g/mol. The molecule has 8 nitrogen and oxygen atoms in total. The van der Waals surface area contributed by atoms with Crippen LogP contribution in [0.3, 0.4) is 0 Å². The molecule has 1 fully saturated rings. The zero-order chi connectivity index (χ0) is 83.3. The number of fused-ring (bicyclic) bond motifs is 2. The third-order valence-electron chi connectivity index (χ3n) is 20.0. The molecule has 0 atom stereocenters. The van der Waals surface area contributed by atoms with Crippen molar-refractivity contribution in [2.75, 3.05) is 0 Å². The summed E-state index contributed by atoms with van der Waals surface area (Å²) in [5.74, 6) is 0. The summed E-state index contributed by atoms with van der Waals surface area (Å²) in [7, 11) is 1.64. The third kappa shape index (κ3) is 25.2. The zero-order valence-corrected chi connectivity index (χ0v) is 76.3. The molecule has 14 aromatic carbocycles. The van der Waals surface area contributed by atoms with Crippen molar-refractivity contribution in [2.45, 2.75) is 46.3 Å². The Morgan fingerprint density at radius 1 is 0.303 bits per heavy atom. The summed E-state index contributed by atoms with van der Waals surface area (Å²) >= 11 is 15.5. The van der Waals surface area contributed by atoms with Crippen LogP contribution in [0, 0.1) is 0 Å². The molecule has 0 radical (unpaired) electrons. The SMILES string of the molecule is C.CC1(C)OB(c2cccnc2Cl)OC1(C)C.Cn1ncc2ccc(-c3cccnc3Cl)cc21.Cn1ncc2ccc(Br)cc21.[Pd].c1ccc(P(c2ccccc2)c2ccccc2)cc1.c1ccc(P(c2ccccc2)c2ccccc2)cc1.c1ccc(P(c2ccccc2)c2ccccc2)cc1.c1ccc(P(c2ccccc2)c2ccccc2)cc1. The van der Waals surface area contributed by atoms with Crippen LogP contribution in [0.15, 0.2) is 454 Å². The van der Waals surface area contributed by atoms with Crippen LogP contribution in [-0.2, 0) is 43.8 Å². The van der Waals surface area contributed by atoms with Crippen LogP contribution in [0.4, 0.5) is 0 Å². The van der Waals surface area contributed by atoms with E-state index in [9.17, 15) is 0 Å². The summed E-state index contributed by atoms with van der Waals surface area (Å²) in [5, 5.41) is 28.4. The molecular weight excluding hydrogens is 1770 g/mol. The maximum atomic E-state index is 6.09. The Labute approximate surface area is 757 Å². The molecule has 0 saturated carbocycles. The fraction of sp³-hybridized carbons (Fsp3) is 0.0857. The van der Waals surface area contributed by atoms with Gasteiger partial charge in [0.2, 0.25) is 0 Å². The van der Waals surface area contributed by atoms with Crippen LogP contribution < -0.4 is 69.1 Å². The first-order valence-electron chi connectivity index (χ1n) is 39.5. The fourth-order valence-corrected chi connectivity index (χ4v) is 23.3. The smallest absolute Gasteiger partial charge is 0.399 e. The summed E-state index contributed by atoms with van der Waals surface area (Å²) in [4.78, 5) is 8.11. The van der Waals surface area contributed by atoms with Crippen molar-refractivity contribution in [3.63, 3.8) is 0 Å². The van der Waals surface area contributed by atoms with Crippen molar-refractivity contribution in [3.8, 4) is 11.1 Å². The molecule has 0 bridgehead atoms. The van der Waals surface area contributed by atoms with E-state index in [-0.39, 0.29) is 39.1 Å². The normalized spacial score (nSPS) is 12.0. The Kier molecular flexibility index (Phi) is 35.5. The topological polar surface area (TPSA) is 79.9 Å². The van der Waals surface area contributed by atoms with E-state index in [1.807, 2.05) is 112 Å². The predicted molar refractivity (Wildman–Crippen MR) is 530 cm³/mol. The average molecular weight is 1870 g/mol. The number of benzene rings is 14. The summed E-state index contributed by atoms with van der Waals surface area (Å²) < 4.78 is 16.6. The van der Waals surface area contributed by atoms with Crippen molar-refractivity contribution >= 4 is 169 Å². The number of hydrogen-bond acceptors (Lipinski definition) is 6. The van der Waals surface area contributed by atoms with Crippen LogP contribution in [0.2, 0.25) is 10.3 Å². The van der Waals surface area contributed by atoms with Crippen LogP contribution in [-0.4, -0.2) is 47.8 Å². The Morgan fingerprint density at radius 3 is 0.795 bits per heavy atom. The van der Waals surface area contributed by atoms with Gasteiger partial charge in [-0.2, -0.15) is 10.2 Å². The molecule has 18 aromatic rings. The number of nitrogens with zero attached hydrogens (tertiary/aromatic N) is 6. The minimum atomic E-state index is -0.446. The maximum absolute atomic E-state index is 6.09. The molecule has 1 aliphatic heterocycles.